The molecule has 2 bridgehead atoms. The van der Waals surface area contributed by atoms with E-state index in [0.29, 0.717) is 6.04 Å². The van der Waals surface area contributed by atoms with Gasteiger partial charge in [0.25, 0.3) is 0 Å². The molecule has 2 N–H and O–H groups in total. The van der Waals surface area contributed by atoms with E-state index in [1.165, 1.54) is 12.8 Å². The minimum absolute atomic E-state index is 0.276. The van der Waals surface area contributed by atoms with E-state index < -0.39 is 0 Å². The monoisotopic (exact) mass is 254 g/mol. The molecular formula is C13H14N6. The number of hydrogen-bond acceptors (Lipinski definition) is 6. The van der Waals surface area contributed by atoms with E-state index in [0.717, 1.165) is 29.7 Å². The van der Waals surface area contributed by atoms with Gasteiger partial charge in [0.05, 0.1) is 5.69 Å². The van der Waals surface area contributed by atoms with Gasteiger partial charge in [-0.15, -0.1) is 0 Å². The summed E-state index contributed by atoms with van der Waals surface area (Å²) in [6, 6.07) is 2.52. The third kappa shape index (κ3) is 1.71. The van der Waals surface area contributed by atoms with Crippen LogP contribution >= 0.6 is 0 Å². The van der Waals surface area contributed by atoms with Gasteiger partial charge in [-0.2, -0.15) is 0 Å². The van der Waals surface area contributed by atoms with E-state index in [-0.39, 0.29) is 5.95 Å². The van der Waals surface area contributed by atoms with Gasteiger partial charge in [-0.1, -0.05) is 0 Å². The summed E-state index contributed by atoms with van der Waals surface area (Å²) in [5.41, 5.74) is 7.20. The van der Waals surface area contributed by atoms with Gasteiger partial charge in [0.1, 0.15) is 0 Å². The van der Waals surface area contributed by atoms with E-state index in [1.807, 2.05) is 6.07 Å². The molecule has 1 saturated carbocycles. The zero-order valence-electron chi connectivity index (χ0n) is 10.4. The molecule has 0 spiro atoms. The minimum Gasteiger partial charge on any atom is -0.368 e. The number of hydrogen-bond donors (Lipinski definition) is 1. The van der Waals surface area contributed by atoms with Crippen LogP contribution in [0.1, 0.15) is 12.8 Å². The molecule has 2 aliphatic heterocycles. The van der Waals surface area contributed by atoms with Crippen LogP contribution in [0.25, 0.3) is 11.3 Å². The summed E-state index contributed by atoms with van der Waals surface area (Å²) in [4.78, 5) is 19.3. The maximum atomic E-state index is 5.49. The van der Waals surface area contributed by atoms with E-state index in [2.05, 4.69) is 24.8 Å². The Hall–Kier alpha value is -2.24. The number of anilines is 2. The maximum absolute atomic E-state index is 5.49. The summed E-state index contributed by atoms with van der Waals surface area (Å²) >= 11 is 0. The van der Waals surface area contributed by atoms with Crippen molar-refractivity contribution in [2.75, 3.05) is 17.2 Å². The molecule has 0 radical (unpaired) electrons. The normalized spacial score (nSPS) is 24.3. The maximum Gasteiger partial charge on any atom is 0.226 e. The smallest absolute Gasteiger partial charge is 0.226 e. The van der Waals surface area contributed by atoms with Gasteiger partial charge in [0.15, 0.2) is 0 Å². The lowest BCUT2D eigenvalue weighted by atomic mass is 9.86. The van der Waals surface area contributed by atoms with Crippen molar-refractivity contribution in [3.8, 4) is 11.3 Å². The highest BCUT2D eigenvalue weighted by Crippen LogP contribution is 2.42. The van der Waals surface area contributed by atoms with Crippen LogP contribution in [-0.2, 0) is 0 Å². The van der Waals surface area contributed by atoms with Crippen molar-refractivity contribution in [2.24, 2.45) is 5.92 Å². The summed E-state index contributed by atoms with van der Waals surface area (Å²) in [5, 5.41) is 0. The fourth-order valence-electron chi connectivity index (χ4n) is 2.89. The summed E-state index contributed by atoms with van der Waals surface area (Å²) in [6.07, 6.45) is 7.76. The lowest BCUT2D eigenvalue weighted by Crippen LogP contribution is -2.29. The van der Waals surface area contributed by atoms with E-state index in [1.54, 1.807) is 18.6 Å². The van der Waals surface area contributed by atoms with Crippen LogP contribution < -0.4 is 10.6 Å². The molecular weight excluding hydrogens is 240 g/mol. The number of nitrogens with zero attached hydrogens (tertiary/aromatic N) is 5. The predicted octanol–water partition coefficient (Wildman–Crippen LogP) is 1.11. The Balaban J connectivity index is 1.68. The van der Waals surface area contributed by atoms with Crippen molar-refractivity contribution in [2.45, 2.75) is 18.9 Å². The van der Waals surface area contributed by atoms with Gasteiger partial charge in [-0.05, 0) is 24.8 Å². The molecule has 0 atom stereocenters. The number of rotatable bonds is 2. The Kier molecular flexibility index (Phi) is 2.18. The lowest BCUT2D eigenvalue weighted by molar-refractivity contribution is 0.380. The molecule has 2 aromatic heterocycles. The summed E-state index contributed by atoms with van der Waals surface area (Å²) in [6.45, 7) is 1.09. The zero-order valence-corrected chi connectivity index (χ0v) is 10.4. The first-order valence-electron chi connectivity index (χ1n) is 6.47. The summed E-state index contributed by atoms with van der Waals surface area (Å²) in [5.74, 6) is 1.94. The first-order chi connectivity index (χ1) is 9.29. The van der Waals surface area contributed by atoms with Crippen LogP contribution in [0.5, 0.6) is 0 Å². The topological polar surface area (TPSA) is 80.8 Å². The van der Waals surface area contributed by atoms with Crippen LogP contribution in [0.15, 0.2) is 24.7 Å². The Bertz CT molecular complexity index is 605. The molecule has 5 rings (SSSR count). The third-order valence-electron chi connectivity index (χ3n) is 3.97. The summed E-state index contributed by atoms with van der Waals surface area (Å²) in [7, 11) is 0. The van der Waals surface area contributed by atoms with E-state index in [4.69, 9.17) is 5.73 Å². The van der Waals surface area contributed by atoms with Gasteiger partial charge in [0, 0.05) is 36.7 Å². The number of aromatic nitrogens is 4. The van der Waals surface area contributed by atoms with E-state index >= 15 is 0 Å². The molecule has 3 fully saturated rings. The van der Waals surface area contributed by atoms with Crippen molar-refractivity contribution in [1.82, 2.24) is 19.9 Å². The Morgan fingerprint density at radius 3 is 2.63 bits per heavy atom. The van der Waals surface area contributed by atoms with Gasteiger partial charge in [0.2, 0.25) is 11.9 Å². The molecule has 0 aromatic carbocycles. The second-order valence-electron chi connectivity index (χ2n) is 5.22. The Labute approximate surface area is 110 Å². The molecule has 2 aromatic rings. The Morgan fingerprint density at radius 2 is 1.95 bits per heavy atom. The minimum atomic E-state index is 0.276. The Morgan fingerprint density at radius 1 is 1.16 bits per heavy atom. The highest BCUT2D eigenvalue weighted by atomic mass is 15.3. The second-order valence-corrected chi connectivity index (χ2v) is 5.22. The molecule has 0 unspecified atom stereocenters. The first kappa shape index (κ1) is 10.7. The summed E-state index contributed by atoms with van der Waals surface area (Å²) < 4.78 is 0. The highest BCUT2D eigenvalue weighted by molar-refractivity contribution is 5.58. The number of nitrogen functional groups attached to an aromatic ring is 1. The van der Waals surface area contributed by atoms with Crippen LogP contribution in [-0.4, -0.2) is 32.5 Å². The fraction of sp³-hybridized carbons (Fsp3) is 0.385. The van der Waals surface area contributed by atoms with Crippen molar-refractivity contribution in [3.63, 3.8) is 0 Å². The van der Waals surface area contributed by atoms with Crippen LogP contribution in [0.4, 0.5) is 11.9 Å². The van der Waals surface area contributed by atoms with Crippen LogP contribution in [0, 0.1) is 5.92 Å². The fourth-order valence-corrected chi connectivity index (χ4v) is 2.89. The van der Waals surface area contributed by atoms with Gasteiger partial charge in [-0.3, -0.25) is 0 Å². The molecule has 4 heterocycles. The van der Waals surface area contributed by atoms with Gasteiger partial charge < -0.3 is 10.6 Å². The zero-order chi connectivity index (χ0) is 12.8. The molecule has 96 valence electrons. The second kappa shape index (κ2) is 3.88. The predicted molar refractivity (Wildman–Crippen MR) is 71.3 cm³/mol. The quantitative estimate of drug-likeness (QED) is 0.864. The van der Waals surface area contributed by atoms with Crippen LogP contribution in [0.3, 0.4) is 0 Å². The van der Waals surface area contributed by atoms with Gasteiger partial charge >= 0.3 is 0 Å². The van der Waals surface area contributed by atoms with Gasteiger partial charge in [-0.25, -0.2) is 19.9 Å². The third-order valence-corrected chi connectivity index (χ3v) is 3.97. The molecule has 2 saturated heterocycles. The molecule has 6 heteroatoms. The molecule has 1 aliphatic carbocycles. The largest absolute Gasteiger partial charge is 0.368 e. The molecule has 3 aliphatic rings. The van der Waals surface area contributed by atoms with Crippen LogP contribution in [0.2, 0.25) is 0 Å². The molecule has 19 heavy (non-hydrogen) atoms. The SMILES string of the molecule is Nc1ncc(-c2ccnc(N3CC4CC3C4)n2)cn1. The average Bonchev–Trinajstić information content (AvgIpc) is 2.99. The van der Waals surface area contributed by atoms with Crippen molar-refractivity contribution in [3.05, 3.63) is 24.7 Å². The van der Waals surface area contributed by atoms with Crippen molar-refractivity contribution < 1.29 is 0 Å². The van der Waals surface area contributed by atoms with Crippen molar-refractivity contribution in [1.29, 1.82) is 0 Å². The molecule has 6 nitrogen and oxygen atoms in total. The van der Waals surface area contributed by atoms with Crippen molar-refractivity contribution >= 4 is 11.9 Å². The lowest BCUT2D eigenvalue weighted by Gasteiger charge is -2.25. The van der Waals surface area contributed by atoms with E-state index in [9.17, 15) is 0 Å². The number of nitrogens with two attached hydrogens (primary N) is 1. The number of fused-ring (bicyclic) bond motifs is 1. The highest BCUT2D eigenvalue weighted by Gasteiger charge is 2.43. The first-order valence-corrected chi connectivity index (χ1v) is 6.47. The average molecular weight is 254 g/mol. The standard InChI is InChI=1S/C13H14N6/c14-12-16-5-9(6-17-12)11-1-2-15-13(18-11)19-7-8-3-10(19)4-8/h1-2,5-6,8,10H,3-4,7H2,(H2,14,16,17). The molecule has 0 amide bonds.